The molecule has 2 aromatic carbocycles. The zero-order chi connectivity index (χ0) is 19.4. The van der Waals surface area contributed by atoms with Crippen molar-refractivity contribution in [3.8, 4) is 0 Å². The van der Waals surface area contributed by atoms with Crippen molar-refractivity contribution >= 4 is 23.0 Å². The SMILES string of the molecule is CCN(C(=O)c1ccc(N2CCCCC2)c([N+](=O)[O-])c1)c1ccc(F)cc1. The standard InChI is InChI=1S/C20H22FN3O3/c1-2-23(17-9-7-16(21)8-10-17)20(25)15-6-11-18(19(14-15)24(26)27)22-12-4-3-5-13-22/h6-11,14H,2-5,12-13H2,1H3. The summed E-state index contributed by atoms with van der Waals surface area (Å²) >= 11 is 0. The van der Waals surface area contributed by atoms with Crippen LogP contribution in [0.15, 0.2) is 42.5 Å². The highest BCUT2D eigenvalue weighted by atomic mass is 19.1. The normalized spacial score (nSPS) is 14.1. The number of amides is 1. The Morgan fingerprint density at radius 2 is 1.81 bits per heavy atom. The Morgan fingerprint density at radius 3 is 2.41 bits per heavy atom. The molecule has 0 spiro atoms. The monoisotopic (exact) mass is 371 g/mol. The number of hydrogen-bond donors (Lipinski definition) is 0. The maximum atomic E-state index is 13.2. The van der Waals surface area contributed by atoms with E-state index in [2.05, 4.69) is 0 Å². The fourth-order valence-electron chi connectivity index (χ4n) is 3.43. The minimum absolute atomic E-state index is 0.0575. The first-order valence-corrected chi connectivity index (χ1v) is 9.12. The summed E-state index contributed by atoms with van der Waals surface area (Å²) in [6, 6.07) is 10.2. The van der Waals surface area contributed by atoms with E-state index in [9.17, 15) is 19.3 Å². The molecule has 1 amide bonds. The summed E-state index contributed by atoms with van der Waals surface area (Å²) < 4.78 is 13.2. The van der Waals surface area contributed by atoms with Crippen LogP contribution >= 0.6 is 0 Å². The molecule has 0 unspecified atom stereocenters. The zero-order valence-corrected chi connectivity index (χ0v) is 15.2. The maximum absolute atomic E-state index is 13.2. The number of nitrogens with zero attached hydrogens (tertiary/aromatic N) is 3. The number of nitro groups is 1. The highest BCUT2D eigenvalue weighted by molar-refractivity contribution is 6.06. The molecular weight excluding hydrogens is 349 g/mol. The van der Waals surface area contributed by atoms with Crippen molar-refractivity contribution in [3.63, 3.8) is 0 Å². The smallest absolute Gasteiger partial charge is 0.293 e. The van der Waals surface area contributed by atoms with Crippen molar-refractivity contribution in [2.75, 3.05) is 29.4 Å². The highest BCUT2D eigenvalue weighted by Gasteiger charge is 2.25. The van der Waals surface area contributed by atoms with Crippen LogP contribution in [0.25, 0.3) is 0 Å². The van der Waals surface area contributed by atoms with Crippen LogP contribution in [0.2, 0.25) is 0 Å². The minimum Gasteiger partial charge on any atom is -0.366 e. The van der Waals surface area contributed by atoms with E-state index < -0.39 is 4.92 Å². The summed E-state index contributed by atoms with van der Waals surface area (Å²) in [5.74, 6) is -0.735. The molecule has 1 heterocycles. The second kappa shape index (κ2) is 8.16. The zero-order valence-electron chi connectivity index (χ0n) is 15.2. The summed E-state index contributed by atoms with van der Waals surface area (Å²) in [5.41, 5.74) is 1.29. The van der Waals surface area contributed by atoms with E-state index in [-0.39, 0.29) is 23.0 Å². The first-order valence-electron chi connectivity index (χ1n) is 9.12. The van der Waals surface area contributed by atoms with Gasteiger partial charge in [0.2, 0.25) is 0 Å². The number of carbonyl (C=O) groups excluding carboxylic acids is 1. The molecule has 27 heavy (non-hydrogen) atoms. The molecule has 142 valence electrons. The Morgan fingerprint density at radius 1 is 1.15 bits per heavy atom. The van der Waals surface area contributed by atoms with Gasteiger partial charge < -0.3 is 9.80 Å². The number of hydrogen-bond acceptors (Lipinski definition) is 4. The van der Waals surface area contributed by atoms with E-state index in [0.29, 0.717) is 17.9 Å². The highest BCUT2D eigenvalue weighted by Crippen LogP contribution is 2.32. The van der Waals surface area contributed by atoms with Crippen LogP contribution in [0, 0.1) is 15.9 Å². The Bertz CT molecular complexity index is 833. The van der Waals surface area contributed by atoms with E-state index in [0.717, 1.165) is 32.4 Å². The van der Waals surface area contributed by atoms with Crippen LogP contribution in [0.1, 0.15) is 36.5 Å². The topological polar surface area (TPSA) is 66.7 Å². The van der Waals surface area contributed by atoms with Gasteiger partial charge in [-0.05, 0) is 62.6 Å². The summed E-state index contributed by atoms with van der Waals surface area (Å²) in [7, 11) is 0. The predicted octanol–water partition coefficient (Wildman–Crippen LogP) is 4.39. The third-order valence-corrected chi connectivity index (χ3v) is 4.82. The quantitative estimate of drug-likeness (QED) is 0.577. The van der Waals surface area contributed by atoms with Crippen molar-refractivity contribution in [1.29, 1.82) is 0 Å². The number of rotatable bonds is 5. The molecule has 0 aliphatic carbocycles. The van der Waals surface area contributed by atoms with Crippen molar-refractivity contribution in [2.45, 2.75) is 26.2 Å². The summed E-state index contributed by atoms with van der Waals surface area (Å²) in [4.78, 5) is 27.6. The molecule has 6 nitrogen and oxygen atoms in total. The third-order valence-electron chi connectivity index (χ3n) is 4.82. The molecule has 0 N–H and O–H groups in total. The molecule has 0 radical (unpaired) electrons. The number of benzene rings is 2. The van der Waals surface area contributed by atoms with E-state index in [1.165, 1.54) is 35.2 Å². The van der Waals surface area contributed by atoms with Gasteiger partial charge in [0.15, 0.2) is 0 Å². The molecule has 0 bridgehead atoms. The van der Waals surface area contributed by atoms with Gasteiger partial charge in [-0.2, -0.15) is 0 Å². The molecule has 3 rings (SSSR count). The van der Waals surface area contributed by atoms with E-state index in [1.54, 1.807) is 19.1 Å². The molecule has 7 heteroatoms. The van der Waals surface area contributed by atoms with Gasteiger partial charge in [0.1, 0.15) is 11.5 Å². The lowest BCUT2D eigenvalue weighted by Crippen LogP contribution is -2.32. The average molecular weight is 371 g/mol. The first kappa shape index (κ1) is 18.8. The maximum Gasteiger partial charge on any atom is 0.293 e. The minimum atomic E-state index is -0.436. The van der Waals surface area contributed by atoms with Crippen LogP contribution in [-0.2, 0) is 0 Å². The molecule has 1 fully saturated rings. The van der Waals surface area contributed by atoms with Crippen molar-refractivity contribution < 1.29 is 14.1 Å². The lowest BCUT2D eigenvalue weighted by molar-refractivity contribution is -0.384. The molecule has 1 aliphatic rings. The van der Waals surface area contributed by atoms with E-state index >= 15 is 0 Å². The second-order valence-electron chi connectivity index (χ2n) is 6.53. The largest absolute Gasteiger partial charge is 0.366 e. The van der Waals surface area contributed by atoms with Gasteiger partial charge in [-0.3, -0.25) is 14.9 Å². The average Bonchev–Trinajstić information content (AvgIpc) is 2.70. The third kappa shape index (κ3) is 4.07. The van der Waals surface area contributed by atoms with Gasteiger partial charge >= 0.3 is 0 Å². The summed E-state index contributed by atoms with van der Waals surface area (Å²) in [6.07, 6.45) is 3.14. The fourth-order valence-corrected chi connectivity index (χ4v) is 3.43. The van der Waals surface area contributed by atoms with Crippen LogP contribution in [0.5, 0.6) is 0 Å². The van der Waals surface area contributed by atoms with Gasteiger partial charge in [0.05, 0.1) is 4.92 Å². The molecule has 1 saturated heterocycles. The fraction of sp³-hybridized carbons (Fsp3) is 0.350. The van der Waals surface area contributed by atoms with Gasteiger partial charge in [-0.25, -0.2) is 4.39 Å². The summed E-state index contributed by atoms with van der Waals surface area (Å²) in [6.45, 7) is 3.74. The molecule has 0 saturated carbocycles. The molecule has 1 aliphatic heterocycles. The Hall–Kier alpha value is -2.96. The van der Waals surface area contributed by atoms with Crippen LogP contribution in [-0.4, -0.2) is 30.5 Å². The van der Waals surface area contributed by atoms with Crippen LogP contribution in [0.4, 0.5) is 21.5 Å². The number of piperidine rings is 1. The van der Waals surface area contributed by atoms with E-state index in [4.69, 9.17) is 0 Å². The molecule has 2 aromatic rings. The number of halogens is 1. The lowest BCUT2D eigenvalue weighted by Gasteiger charge is -2.28. The number of nitro benzene ring substituents is 1. The Kier molecular flexibility index (Phi) is 5.69. The molecule has 0 atom stereocenters. The molecular formula is C20H22FN3O3. The number of carbonyl (C=O) groups is 1. The van der Waals surface area contributed by atoms with Crippen LogP contribution < -0.4 is 9.80 Å². The van der Waals surface area contributed by atoms with Crippen molar-refractivity contribution in [3.05, 3.63) is 64.0 Å². The Balaban J connectivity index is 1.93. The van der Waals surface area contributed by atoms with Gasteiger partial charge in [0, 0.05) is 37.0 Å². The predicted molar refractivity (Wildman–Crippen MR) is 103 cm³/mol. The van der Waals surface area contributed by atoms with Crippen molar-refractivity contribution in [1.82, 2.24) is 0 Å². The number of anilines is 2. The van der Waals surface area contributed by atoms with Gasteiger partial charge in [-0.15, -0.1) is 0 Å². The van der Waals surface area contributed by atoms with E-state index in [1.807, 2.05) is 4.90 Å². The Labute approximate surface area is 157 Å². The van der Waals surface area contributed by atoms with Crippen LogP contribution in [0.3, 0.4) is 0 Å². The van der Waals surface area contributed by atoms with Gasteiger partial charge in [0.25, 0.3) is 11.6 Å². The summed E-state index contributed by atoms with van der Waals surface area (Å²) in [5, 5.41) is 11.6. The first-order chi connectivity index (χ1) is 13.0. The second-order valence-corrected chi connectivity index (χ2v) is 6.53. The molecule has 0 aromatic heterocycles. The van der Waals surface area contributed by atoms with Crippen molar-refractivity contribution in [2.24, 2.45) is 0 Å². The lowest BCUT2D eigenvalue weighted by atomic mass is 10.1. The van der Waals surface area contributed by atoms with Gasteiger partial charge in [-0.1, -0.05) is 0 Å².